The van der Waals surface area contributed by atoms with Gasteiger partial charge in [-0.3, -0.25) is 4.79 Å². The molecular formula is C19H18FeN2OS+2. The second-order valence-electron chi connectivity index (χ2n) is 5.29. The van der Waals surface area contributed by atoms with Crippen molar-refractivity contribution in [2.75, 3.05) is 0 Å². The first-order valence-corrected chi connectivity index (χ1v) is 8.43. The molecule has 24 heavy (non-hydrogen) atoms. The van der Waals surface area contributed by atoms with Gasteiger partial charge in [0.2, 0.25) is 5.91 Å². The Balaban J connectivity index is 0.000000300. The molecule has 1 atom stereocenters. The number of amides is 1. The molecule has 0 spiro atoms. The van der Waals surface area contributed by atoms with Crippen LogP contribution < -0.4 is 0 Å². The van der Waals surface area contributed by atoms with Gasteiger partial charge >= 0.3 is 17.1 Å². The zero-order valence-electron chi connectivity index (χ0n) is 13.3. The van der Waals surface area contributed by atoms with Crippen molar-refractivity contribution in [3.63, 3.8) is 0 Å². The molecular weight excluding hydrogens is 360 g/mol. The van der Waals surface area contributed by atoms with Gasteiger partial charge in [0.05, 0.1) is 16.6 Å². The Morgan fingerprint density at radius 1 is 1.12 bits per heavy atom. The summed E-state index contributed by atoms with van der Waals surface area (Å²) in [6.45, 7) is 1.57. The molecule has 1 aliphatic heterocycles. The van der Waals surface area contributed by atoms with E-state index in [1.54, 1.807) is 23.3 Å². The Bertz CT molecular complexity index is 526. The average molecular weight is 378 g/mol. The number of carbonyl (C=O) groups excluding carboxylic acids is 1. The maximum atomic E-state index is 11.7. The number of hydrazone groups is 1. The van der Waals surface area contributed by atoms with Crippen LogP contribution in [0.3, 0.4) is 0 Å². The maximum Gasteiger partial charge on any atom is 2.00 e. The van der Waals surface area contributed by atoms with Gasteiger partial charge in [-0.2, -0.15) is 5.10 Å². The number of nitrogens with zero attached hydrogens (tertiary/aromatic N) is 2. The number of thiophene rings is 1. The summed E-state index contributed by atoms with van der Waals surface area (Å²) in [5.74, 6) is 1.15. The second-order valence-corrected chi connectivity index (χ2v) is 6.24. The third-order valence-corrected chi connectivity index (χ3v) is 4.59. The molecule has 0 N–H and O–H groups in total. The van der Waals surface area contributed by atoms with E-state index in [2.05, 4.69) is 11.2 Å². The van der Waals surface area contributed by atoms with Crippen molar-refractivity contribution < 1.29 is 21.9 Å². The molecule has 2 aliphatic carbocycles. The molecule has 10 radical (unpaired) electrons. The Morgan fingerprint density at radius 3 is 2.25 bits per heavy atom. The first kappa shape index (κ1) is 19.7. The van der Waals surface area contributed by atoms with Crippen molar-refractivity contribution in [3.05, 3.63) is 86.1 Å². The fourth-order valence-electron chi connectivity index (χ4n) is 2.58. The van der Waals surface area contributed by atoms with Gasteiger partial charge in [-0.25, -0.2) is 5.01 Å². The van der Waals surface area contributed by atoms with Crippen LogP contribution in [0.2, 0.25) is 0 Å². The van der Waals surface area contributed by atoms with Crippen LogP contribution in [0.25, 0.3) is 0 Å². The molecule has 2 heterocycles. The first-order chi connectivity index (χ1) is 11.3. The smallest absolute Gasteiger partial charge is 0.273 e. The van der Waals surface area contributed by atoms with Crippen LogP contribution in [0.4, 0.5) is 0 Å². The zero-order valence-corrected chi connectivity index (χ0v) is 15.2. The Kier molecular flexibility index (Phi) is 7.99. The third-order valence-electron chi connectivity index (χ3n) is 3.67. The molecule has 1 unspecified atom stereocenters. The van der Waals surface area contributed by atoms with Crippen LogP contribution in [-0.2, 0) is 21.9 Å². The van der Waals surface area contributed by atoms with Crippen molar-refractivity contribution in [2.45, 2.75) is 19.4 Å². The van der Waals surface area contributed by atoms with Gasteiger partial charge in [-0.15, -0.1) is 11.3 Å². The van der Waals surface area contributed by atoms with Gasteiger partial charge in [0.15, 0.2) is 0 Å². The number of hydrogen-bond acceptors (Lipinski definition) is 3. The standard InChI is InChI=1S/C14H13N2OS.C5H5.Fe/c1-10(17)16-13(11-5-2-3-6-11)9-12(15-16)14-7-4-8-18-14;1-2-4-5-3-1;/h2-8,13H,9H2,1H3;1-5H;/q;;+2. The van der Waals surface area contributed by atoms with Crippen molar-refractivity contribution in [1.82, 2.24) is 5.01 Å². The summed E-state index contributed by atoms with van der Waals surface area (Å²) in [5.41, 5.74) is 1.01. The fourth-order valence-corrected chi connectivity index (χ4v) is 3.30. The molecule has 3 aliphatic rings. The van der Waals surface area contributed by atoms with Crippen molar-refractivity contribution in [3.8, 4) is 0 Å². The van der Waals surface area contributed by atoms with Crippen molar-refractivity contribution in [1.29, 1.82) is 0 Å². The molecule has 5 heteroatoms. The molecule has 122 valence electrons. The van der Waals surface area contributed by atoms with E-state index in [0.29, 0.717) is 0 Å². The van der Waals surface area contributed by atoms with Crippen molar-refractivity contribution in [2.24, 2.45) is 5.10 Å². The second kappa shape index (κ2) is 9.74. The number of hydrogen-bond donors (Lipinski definition) is 0. The van der Waals surface area contributed by atoms with Gasteiger partial charge in [0.1, 0.15) is 0 Å². The van der Waals surface area contributed by atoms with Crippen LogP contribution in [0, 0.1) is 63.7 Å². The molecule has 1 amide bonds. The summed E-state index contributed by atoms with van der Waals surface area (Å²) in [5, 5.41) is 8.11. The van der Waals surface area contributed by atoms with E-state index in [4.69, 9.17) is 0 Å². The van der Waals surface area contributed by atoms with E-state index >= 15 is 0 Å². The fraction of sp³-hybridized carbons (Fsp3) is 0.158. The van der Waals surface area contributed by atoms with E-state index < -0.39 is 0 Å². The minimum absolute atomic E-state index is 0. The summed E-state index contributed by atoms with van der Waals surface area (Å²) < 4.78 is 0. The molecule has 2 fully saturated rings. The van der Waals surface area contributed by atoms with Crippen LogP contribution in [0.1, 0.15) is 18.2 Å². The summed E-state index contributed by atoms with van der Waals surface area (Å²) in [4.78, 5) is 12.8. The molecule has 3 nitrogen and oxygen atoms in total. The number of rotatable bonds is 2. The van der Waals surface area contributed by atoms with Gasteiger partial charge in [-0.05, 0) is 69.2 Å². The van der Waals surface area contributed by atoms with E-state index in [-0.39, 0.29) is 29.0 Å². The van der Waals surface area contributed by atoms with E-state index in [0.717, 1.165) is 22.9 Å². The largest absolute Gasteiger partial charge is 2.00 e. The van der Waals surface area contributed by atoms with E-state index in [1.807, 2.05) is 69.2 Å². The monoisotopic (exact) mass is 378 g/mol. The summed E-state index contributed by atoms with van der Waals surface area (Å²) in [7, 11) is 0. The maximum absolute atomic E-state index is 11.7. The Labute approximate surface area is 160 Å². The molecule has 0 aromatic carbocycles. The Hall–Kier alpha value is -0.641. The van der Waals surface area contributed by atoms with Crippen LogP contribution in [0.15, 0.2) is 22.6 Å². The van der Waals surface area contributed by atoms with Gasteiger partial charge < -0.3 is 0 Å². The molecule has 0 bridgehead atoms. The molecule has 0 saturated heterocycles. The minimum Gasteiger partial charge on any atom is -0.273 e. The molecule has 1 aromatic rings. The Morgan fingerprint density at radius 2 is 1.75 bits per heavy atom. The van der Waals surface area contributed by atoms with Gasteiger partial charge in [-0.1, -0.05) is 6.07 Å². The van der Waals surface area contributed by atoms with E-state index in [1.165, 1.54) is 0 Å². The SMILES string of the molecule is CC(=O)N1N=C(c2cccs2)CC1[C]1[CH][CH][CH][CH]1.[CH]1[CH][CH][CH][CH]1.[Fe+2]. The quantitative estimate of drug-likeness (QED) is 0.726. The molecule has 4 rings (SSSR count). The third kappa shape index (κ3) is 4.93. The van der Waals surface area contributed by atoms with Crippen LogP contribution in [-0.4, -0.2) is 22.7 Å². The average Bonchev–Trinajstić information content (AvgIpc) is 3.38. The van der Waals surface area contributed by atoms with Gasteiger partial charge in [0, 0.05) is 19.3 Å². The normalized spacial score (nSPS) is 23.5. The number of carbonyl (C=O) groups is 1. The van der Waals surface area contributed by atoms with Crippen LogP contribution in [0.5, 0.6) is 0 Å². The summed E-state index contributed by atoms with van der Waals surface area (Å²) in [6, 6.07) is 4.11. The summed E-state index contributed by atoms with van der Waals surface area (Å²) in [6.07, 6.45) is 18.9. The van der Waals surface area contributed by atoms with Crippen LogP contribution >= 0.6 is 11.3 Å². The summed E-state index contributed by atoms with van der Waals surface area (Å²) >= 11 is 1.66. The molecule has 2 saturated carbocycles. The first-order valence-electron chi connectivity index (χ1n) is 7.55. The van der Waals surface area contributed by atoms with Gasteiger partial charge in [0.25, 0.3) is 0 Å². The minimum atomic E-state index is -0.00671. The van der Waals surface area contributed by atoms with Crippen molar-refractivity contribution >= 4 is 23.0 Å². The van der Waals surface area contributed by atoms with E-state index in [9.17, 15) is 4.79 Å². The topological polar surface area (TPSA) is 32.7 Å². The predicted molar refractivity (Wildman–Crippen MR) is 93.7 cm³/mol. The predicted octanol–water partition coefficient (Wildman–Crippen LogP) is 3.50. The molecule has 1 aromatic heterocycles. The zero-order chi connectivity index (χ0) is 16.1.